The van der Waals surface area contributed by atoms with E-state index in [9.17, 15) is 10.1 Å². The molecule has 0 bridgehead atoms. The number of benzene rings is 1. The van der Waals surface area contributed by atoms with Crippen molar-refractivity contribution >= 4 is 22.0 Å². The number of halogens is 1. The van der Waals surface area contributed by atoms with Gasteiger partial charge in [0.15, 0.2) is 0 Å². The SMILES string of the molecule is CC(C)(C)OC(=O)N1CCC(C#N)(Cc2ccccc2Br)CC1. The number of carbonyl (C=O) groups excluding carboxylic acids is 1. The molecule has 5 heteroatoms. The fraction of sp³-hybridized carbons (Fsp3) is 0.556. The molecule has 0 atom stereocenters. The summed E-state index contributed by atoms with van der Waals surface area (Å²) in [7, 11) is 0. The van der Waals surface area contributed by atoms with E-state index >= 15 is 0 Å². The number of likely N-dealkylation sites (tertiary alicyclic amines) is 1. The zero-order chi connectivity index (χ0) is 17.1. The van der Waals surface area contributed by atoms with Gasteiger partial charge >= 0.3 is 6.09 Å². The minimum absolute atomic E-state index is 0.287. The molecule has 1 aromatic rings. The molecule has 4 nitrogen and oxygen atoms in total. The zero-order valence-corrected chi connectivity index (χ0v) is 15.5. The molecule has 1 aromatic carbocycles. The second-order valence-corrected chi connectivity index (χ2v) is 7.98. The summed E-state index contributed by atoms with van der Waals surface area (Å²) in [5.74, 6) is 0. The monoisotopic (exact) mass is 378 g/mol. The lowest BCUT2D eigenvalue weighted by atomic mass is 9.75. The van der Waals surface area contributed by atoms with Crippen LogP contribution in [0.5, 0.6) is 0 Å². The molecule has 0 aliphatic carbocycles. The molecule has 124 valence electrons. The lowest BCUT2D eigenvalue weighted by Gasteiger charge is -2.38. The average Bonchev–Trinajstić information content (AvgIpc) is 2.48. The van der Waals surface area contributed by atoms with Crippen molar-refractivity contribution in [3.8, 4) is 6.07 Å². The molecular formula is C18H23BrN2O2. The Hall–Kier alpha value is -1.54. The van der Waals surface area contributed by atoms with E-state index in [4.69, 9.17) is 4.74 Å². The number of carbonyl (C=O) groups is 1. The van der Waals surface area contributed by atoms with Crippen LogP contribution in [0, 0.1) is 16.7 Å². The van der Waals surface area contributed by atoms with Gasteiger partial charge in [0.1, 0.15) is 5.60 Å². The van der Waals surface area contributed by atoms with E-state index in [1.165, 1.54) is 0 Å². The lowest BCUT2D eigenvalue weighted by Crippen LogP contribution is -2.45. The molecular weight excluding hydrogens is 356 g/mol. The Balaban J connectivity index is 2.02. The number of ether oxygens (including phenoxy) is 1. The molecule has 2 rings (SSSR count). The highest BCUT2D eigenvalue weighted by Gasteiger charge is 2.37. The molecule has 0 N–H and O–H groups in total. The summed E-state index contributed by atoms with van der Waals surface area (Å²) in [6, 6.07) is 10.5. The summed E-state index contributed by atoms with van der Waals surface area (Å²) in [6.07, 6.45) is 1.76. The molecule has 0 saturated carbocycles. The Kier molecular flexibility index (Phi) is 5.36. The summed E-state index contributed by atoms with van der Waals surface area (Å²) in [6.45, 7) is 6.71. The molecule has 1 fully saturated rings. The third-order valence-corrected chi connectivity index (χ3v) is 4.87. The second kappa shape index (κ2) is 6.92. The number of hydrogen-bond acceptors (Lipinski definition) is 3. The molecule has 1 aliphatic heterocycles. The van der Waals surface area contributed by atoms with Gasteiger partial charge < -0.3 is 9.64 Å². The van der Waals surface area contributed by atoms with Crippen LogP contribution >= 0.6 is 15.9 Å². The highest BCUT2D eigenvalue weighted by molar-refractivity contribution is 9.10. The van der Waals surface area contributed by atoms with E-state index in [1.54, 1.807) is 4.90 Å². The summed E-state index contributed by atoms with van der Waals surface area (Å²) in [5.41, 5.74) is 0.234. The van der Waals surface area contributed by atoms with E-state index in [0.717, 1.165) is 10.0 Å². The number of hydrogen-bond donors (Lipinski definition) is 0. The molecule has 0 radical (unpaired) electrons. The van der Waals surface area contributed by atoms with Gasteiger partial charge in [-0.1, -0.05) is 34.1 Å². The van der Waals surface area contributed by atoms with Gasteiger partial charge in [-0.15, -0.1) is 0 Å². The van der Waals surface area contributed by atoms with Gasteiger partial charge in [-0.05, 0) is 51.7 Å². The fourth-order valence-corrected chi connectivity index (χ4v) is 3.20. The number of rotatable bonds is 2. The van der Waals surface area contributed by atoms with E-state index in [0.29, 0.717) is 32.4 Å². The summed E-state index contributed by atoms with van der Waals surface area (Å²) >= 11 is 3.55. The van der Waals surface area contributed by atoms with Crippen molar-refractivity contribution in [2.45, 2.75) is 45.6 Å². The summed E-state index contributed by atoms with van der Waals surface area (Å²) in [4.78, 5) is 13.8. The molecule has 23 heavy (non-hydrogen) atoms. The van der Waals surface area contributed by atoms with Crippen LogP contribution < -0.4 is 0 Å². The van der Waals surface area contributed by atoms with Crippen LogP contribution in [0.15, 0.2) is 28.7 Å². The molecule has 1 heterocycles. The highest BCUT2D eigenvalue weighted by atomic mass is 79.9. The molecule has 1 saturated heterocycles. The molecule has 0 aromatic heterocycles. The number of nitriles is 1. The van der Waals surface area contributed by atoms with Gasteiger partial charge in [0.25, 0.3) is 0 Å². The van der Waals surface area contributed by atoms with Crippen LogP contribution in [0.1, 0.15) is 39.2 Å². The predicted molar refractivity (Wildman–Crippen MR) is 92.9 cm³/mol. The molecule has 0 spiro atoms. The van der Waals surface area contributed by atoms with Gasteiger partial charge in [0.05, 0.1) is 11.5 Å². The Morgan fingerprint density at radius 1 is 1.35 bits per heavy atom. The maximum atomic E-state index is 12.1. The van der Waals surface area contributed by atoms with Crippen LogP contribution in [0.4, 0.5) is 4.79 Å². The highest BCUT2D eigenvalue weighted by Crippen LogP contribution is 2.36. The minimum atomic E-state index is -0.490. The molecule has 0 unspecified atom stereocenters. The van der Waals surface area contributed by atoms with Gasteiger partial charge in [-0.2, -0.15) is 5.26 Å². The van der Waals surface area contributed by atoms with Crippen molar-refractivity contribution in [1.29, 1.82) is 5.26 Å². The molecule has 1 aliphatic rings. The normalized spacial score (nSPS) is 17.4. The van der Waals surface area contributed by atoms with Crippen molar-refractivity contribution < 1.29 is 9.53 Å². The van der Waals surface area contributed by atoms with Crippen LogP contribution in [0.3, 0.4) is 0 Å². The quantitative estimate of drug-likeness (QED) is 0.759. The Morgan fingerprint density at radius 2 is 1.96 bits per heavy atom. The first-order valence-corrected chi connectivity index (χ1v) is 8.67. The van der Waals surface area contributed by atoms with E-state index in [-0.39, 0.29) is 6.09 Å². The number of nitrogens with zero attached hydrogens (tertiary/aromatic N) is 2. The van der Waals surface area contributed by atoms with Gasteiger partial charge in [0, 0.05) is 17.6 Å². The largest absolute Gasteiger partial charge is 0.444 e. The van der Waals surface area contributed by atoms with E-state index in [2.05, 4.69) is 22.0 Å². The maximum Gasteiger partial charge on any atom is 0.410 e. The third-order valence-electron chi connectivity index (χ3n) is 4.10. The smallest absolute Gasteiger partial charge is 0.410 e. The van der Waals surface area contributed by atoms with Crippen LogP contribution in [0.2, 0.25) is 0 Å². The van der Waals surface area contributed by atoms with Crippen molar-refractivity contribution in [3.05, 3.63) is 34.3 Å². The summed E-state index contributed by atoms with van der Waals surface area (Å²) < 4.78 is 6.44. The third kappa shape index (κ3) is 4.71. The number of amides is 1. The first-order valence-electron chi connectivity index (χ1n) is 7.87. The van der Waals surface area contributed by atoms with Crippen LogP contribution in [0.25, 0.3) is 0 Å². The van der Waals surface area contributed by atoms with Crippen LogP contribution in [-0.4, -0.2) is 29.7 Å². The van der Waals surface area contributed by atoms with Crippen molar-refractivity contribution in [2.75, 3.05) is 13.1 Å². The van der Waals surface area contributed by atoms with Crippen molar-refractivity contribution in [2.24, 2.45) is 5.41 Å². The minimum Gasteiger partial charge on any atom is -0.444 e. The van der Waals surface area contributed by atoms with Crippen LogP contribution in [-0.2, 0) is 11.2 Å². The first-order chi connectivity index (χ1) is 10.7. The first kappa shape index (κ1) is 17.8. The predicted octanol–water partition coefficient (Wildman–Crippen LogP) is 4.53. The maximum absolute atomic E-state index is 12.1. The Labute approximate surface area is 146 Å². The van der Waals surface area contributed by atoms with E-state index in [1.807, 2.05) is 45.0 Å². The fourth-order valence-electron chi connectivity index (χ4n) is 2.78. The number of piperidine rings is 1. The molecule has 1 amide bonds. The average molecular weight is 379 g/mol. The van der Waals surface area contributed by atoms with Gasteiger partial charge in [-0.3, -0.25) is 0 Å². The Bertz CT molecular complexity index is 608. The van der Waals surface area contributed by atoms with Crippen molar-refractivity contribution in [3.63, 3.8) is 0 Å². The van der Waals surface area contributed by atoms with Gasteiger partial charge in [0.2, 0.25) is 0 Å². The van der Waals surface area contributed by atoms with E-state index < -0.39 is 11.0 Å². The topological polar surface area (TPSA) is 53.3 Å². The summed E-state index contributed by atoms with van der Waals surface area (Å²) in [5, 5.41) is 9.71. The lowest BCUT2D eigenvalue weighted by molar-refractivity contribution is 0.0148. The Morgan fingerprint density at radius 3 is 2.48 bits per heavy atom. The van der Waals surface area contributed by atoms with Crippen molar-refractivity contribution in [1.82, 2.24) is 4.90 Å². The zero-order valence-electron chi connectivity index (χ0n) is 13.9. The second-order valence-electron chi connectivity index (χ2n) is 7.13. The van der Waals surface area contributed by atoms with Gasteiger partial charge in [-0.25, -0.2) is 4.79 Å². The standard InChI is InChI=1S/C18H23BrN2O2/c1-17(2,3)23-16(22)21-10-8-18(13-20,9-11-21)12-14-6-4-5-7-15(14)19/h4-7H,8-12H2,1-3H3.